The Labute approximate surface area is 120 Å². The van der Waals surface area contributed by atoms with Crippen LogP contribution in [0.25, 0.3) is 0 Å². The molecule has 2 nitrogen and oxygen atoms in total. The third-order valence-corrected chi connectivity index (χ3v) is 4.54. The zero-order valence-corrected chi connectivity index (χ0v) is 12.5. The highest BCUT2D eigenvalue weighted by Crippen LogP contribution is 2.25. The Hall–Kier alpha value is -1.02. The van der Waals surface area contributed by atoms with E-state index in [0.29, 0.717) is 12.4 Å². The van der Waals surface area contributed by atoms with Crippen molar-refractivity contribution in [1.29, 1.82) is 0 Å². The summed E-state index contributed by atoms with van der Waals surface area (Å²) in [5.74, 6) is 0.842. The van der Waals surface area contributed by atoms with Crippen molar-refractivity contribution in [3.05, 3.63) is 35.4 Å². The number of halogens is 1. The summed E-state index contributed by atoms with van der Waals surface area (Å²) in [6.07, 6.45) is 2.82. The largest absolute Gasteiger partial charge is 0.355 e. The second-order valence-corrected chi connectivity index (χ2v) is 6.49. The van der Waals surface area contributed by atoms with Gasteiger partial charge in [0.05, 0.1) is 0 Å². The molecule has 0 bridgehead atoms. The van der Waals surface area contributed by atoms with Gasteiger partial charge in [-0.3, -0.25) is 4.79 Å². The highest BCUT2D eigenvalue weighted by atomic mass is 35.5. The van der Waals surface area contributed by atoms with Crippen molar-refractivity contribution in [2.45, 2.75) is 33.1 Å². The molecule has 1 aromatic rings. The lowest BCUT2D eigenvalue weighted by Gasteiger charge is -2.26. The smallest absolute Gasteiger partial charge is 0.223 e. The predicted octanol–water partition coefficient (Wildman–Crippen LogP) is 3.17. The molecule has 1 unspecified atom stereocenters. The van der Waals surface area contributed by atoms with Crippen LogP contribution in [0.4, 0.5) is 0 Å². The standard InChI is InChI=1S/C16H22ClNO/c1-16(2,10-17)11-18-15(19)14-8-7-12-5-3-4-6-13(12)9-14/h3-6,14H,7-11H2,1-2H3,(H,18,19). The number of carbonyl (C=O) groups excluding carboxylic acids is 1. The number of nitrogens with one attached hydrogen (secondary N) is 1. The zero-order valence-electron chi connectivity index (χ0n) is 11.7. The molecule has 2 rings (SSSR count). The van der Waals surface area contributed by atoms with Gasteiger partial charge >= 0.3 is 0 Å². The molecular weight excluding hydrogens is 258 g/mol. The number of alkyl halides is 1. The number of amides is 1. The first-order valence-electron chi connectivity index (χ1n) is 6.92. The fourth-order valence-electron chi connectivity index (χ4n) is 2.44. The Morgan fingerprint density at radius 1 is 1.37 bits per heavy atom. The molecule has 0 spiro atoms. The van der Waals surface area contributed by atoms with Gasteiger partial charge < -0.3 is 5.32 Å². The van der Waals surface area contributed by atoms with Gasteiger partial charge in [0.1, 0.15) is 0 Å². The second-order valence-electron chi connectivity index (χ2n) is 6.22. The lowest BCUT2D eigenvalue weighted by atomic mass is 9.83. The molecule has 0 saturated carbocycles. The predicted molar refractivity (Wildman–Crippen MR) is 79.5 cm³/mol. The minimum Gasteiger partial charge on any atom is -0.355 e. The molecule has 104 valence electrons. The number of carbonyl (C=O) groups is 1. The van der Waals surface area contributed by atoms with Crippen LogP contribution in [0.1, 0.15) is 31.4 Å². The van der Waals surface area contributed by atoms with E-state index in [2.05, 4.69) is 43.4 Å². The van der Waals surface area contributed by atoms with Gasteiger partial charge in [-0.25, -0.2) is 0 Å². The average Bonchev–Trinajstić information content (AvgIpc) is 2.44. The molecule has 3 heteroatoms. The van der Waals surface area contributed by atoms with Gasteiger partial charge in [0.15, 0.2) is 0 Å². The van der Waals surface area contributed by atoms with Gasteiger partial charge in [0, 0.05) is 18.3 Å². The number of fused-ring (bicyclic) bond motifs is 1. The Balaban J connectivity index is 1.92. The van der Waals surface area contributed by atoms with Crippen LogP contribution in [0.3, 0.4) is 0 Å². The van der Waals surface area contributed by atoms with Crippen LogP contribution in [0.2, 0.25) is 0 Å². The Morgan fingerprint density at radius 3 is 2.74 bits per heavy atom. The van der Waals surface area contributed by atoms with Crippen LogP contribution in [-0.4, -0.2) is 18.3 Å². The van der Waals surface area contributed by atoms with E-state index in [1.54, 1.807) is 0 Å². The first-order chi connectivity index (χ1) is 9.02. The van der Waals surface area contributed by atoms with E-state index >= 15 is 0 Å². The fraction of sp³-hybridized carbons (Fsp3) is 0.562. The van der Waals surface area contributed by atoms with E-state index in [0.717, 1.165) is 19.3 Å². The molecule has 0 aromatic heterocycles. The minimum absolute atomic E-state index is 0.0379. The number of rotatable bonds is 4. The number of hydrogen-bond acceptors (Lipinski definition) is 1. The maximum Gasteiger partial charge on any atom is 0.223 e. The molecule has 1 aromatic carbocycles. The highest BCUT2D eigenvalue weighted by molar-refractivity contribution is 6.18. The summed E-state index contributed by atoms with van der Waals surface area (Å²) in [5, 5.41) is 3.05. The summed E-state index contributed by atoms with van der Waals surface area (Å²) in [5.41, 5.74) is 2.68. The minimum atomic E-state index is -0.0379. The van der Waals surface area contributed by atoms with Crippen LogP contribution in [-0.2, 0) is 17.6 Å². The molecule has 1 aliphatic carbocycles. The molecule has 0 fully saturated rings. The maximum absolute atomic E-state index is 12.2. The van der Waals surface area contributed by atoms with Crippen LogP contribution in [0.5, 0.6) is 0 Å². The normalized spacial score (nSPS) is 18.8. The third-order valence-electron chi connectivity index (χ3n) is 3.82. The van der Waals surface area contributed by atoms with E-state index in [9.17, 15) is 4.79 Å². The van der Waals surface area contributed by atoms with Crippen LogP contribution in [0, 0.1) is 11.3 Å². The first-order valence-corrected chi connectivity index (χ1v) is 7.46. The number of benzene rings is 1. The molecule has 0 aliphatic heterocycles. The van der Waals surface area contributed by atoms with Crippen LogP contribution < -0.4 is 5.32 Å². The highest BCUT2D eigenvalue weighted by Gasteiger charge is 2.26. The third kappa shape index (κ3) is 3.73. The average molecular weight is 280 g/mol. The Bertz CT molecular complexity index is 456. The number of hydrogen-bond donors (Lipinski definition) is 1. The molecule has 1 amide bonds. The van der Waals surface area contributed by atoms with E-state index in [1.165, 1.54) is 11.1 Å². The lowest BCUT2D eigenvalue weighted by Crippen LogP contribution is -2.40. The quantitative estimate of drug-likeness (QED) is 0.843. The van der Waals surface area contributed by atoms with Gasteiger partial charge in [-0.05, 0) is 35.8 Å². The van der Waals surface area contributed by atoms with Crippen molar-refractivity contribution in [2.75, 3.05) is 12.4 Å². The molecule has 1 atom stereocenters. The van der Waals surface area contributed by atoms with E-state index in [1.807, 2.05) is 0 Å². The van der Waals surface area contributed by atoms with Gasteiger partial charge in [0.25, 0.3) is 0 Å². The lowest BCUT2D eigenvalue weighted by molar-refractivity contribution is -0.125. The Morgan fingerprint density at radius 2 is 2.05 bits per heavy atom. The molecule has 19 heavy (non-hydrogen) atoms. The summed E-state index contributed by atoms with van der Waals surface area (Å²) < 4.78 is 0. The van der Waals surface area contributed by atoms with Crippen LogP contribution in [0.15, 0.2) is 24.3 Å². The second kappa shape index (κ2) is 5.96. The van der Waals surface area contributed by atoms with E-state index in [4.69, 9.17) is 11.6 Å². The van der Waals surface area contributed by atoms with Crippen molar-refractivity contribution in [1.82, 2.24) is 5.32 Å². The zero-order chi connectivity index (χ0) is 13.9. The summed E-state index contributed by atoms with van der Waals surface area (Å²) in [6, 6.07) is 8.43. The fourth-order valence-corrected chi connectivity index (χ4v) is 2.53. The van der Waals surface area contributed by atoms with Crippen molar-refractivity contribution >= 4 is 17.5 Å². The molecule has 0 radical (unpaired) electrons. The molecular formula is C16H22ClNO. The Kier molecular flexibility index (Phi) is 4.51. The van der Waals surface area contributed by atoms with Gasteiger partial charge in [-0.1, -0.05) is 38.1 Å². The monoisotopic (exact) mass is 279 g/mol. The van der Waals surface area contributed by atoms with E-state index in [-0.39, 0.29) is 17.2 Å². The van der Waals surface area contributed by atoms with Crippen molar-refractivity contribution in [2.24, 2.45) is 11.3 Å². The summed E-state index contributed by atoms with van der Waals surface area (Å²) in [7, 11) is 0. The molecule has 0 heterocycles. The van der Waals surface area contributed by atoms with Gasteiger partial charge in [-0.2, -0.15) is 0 Å². The molecule has 0 saturated heterocycles. The number of aryl methyl sites for hydroxylation is 1. The summed E-state index contributed by atoms with van der Waals surface area (Å²) in [6.45, 7) is 4.78. The maximum atomic E-state index is 12.2. The van der Waals surface area contributed by atoms with E-state index < -0.39 is 0 Å². The first kappa shape index (κ1) is 14.4. The van der Waals surface area contributed by atoms with Crippen molar-refractivity contribution in [3.8, 4) is 0 Å². The topological polar surface area (TPSA) is 29.1 Å². The SMILES string of the molecule is CC(C)(CCl)CNC(=O)C1CCc2ccccc2C1. The van der Waals surface area contributed by atoms with Gasteiger partial charge in [-0.15, -0.1) is 11.6 Å². The molecule has 1 N–H and O–H groups in total. The van der Waals surface area contributed by atoms with Gasteiger partial charge in [0.2, 0.25) is 5.91 Å². The summed E-state index contributed by atoms with van der Waals surface area (Å²) in [4.78, 5) is 12.2. The molecule has 1 aliphatic rings. The van der Waals surface area contributed by atoms with Crippen molar-refractivity contribution in [3.63, 3.8) is 0 Å². The van der Waals surface area contributed by atoms with Crippen LogP contribution >= 0.6 is 11.6 Å². The summed E-state index contributed by atoms with van der Waals surface area (Å²) >= 11 is 5.88. The van der Waals surface area contributed by atoms with Crippen molar-refractivity contribution < 1.29 is 4.79 Å².